The highest BCUT2D eigenvalue weighted by molar-refractivity contribution is 6.64. The molecule has 1 rings (SSSR count). The summed E-state index contributed by atoms with van der Waals surface area (Å²) in [7, 11) is 0. The van der Waals surface area contributed by atoms with Crippen molar-refractivity contribution < 1.29 is 14.3 Å². The molecule has 0 radical (unpaired) electrons. The van der Waals surface area contributed by atoms with Crippen LogP contribution >= 0.6 is 11.6 Å². The fourth-order valence-corrected chi connectivity index (χ4v) is 1.20. The van der Waals surface area contributed by atoms with Crippen molar-refractivity contribution in [3.8, 4) is 0 Å². The van der Waals surface area contributed by atoms with Crippen LogP contribution in [-0.4, -0.2) is 17.8 Å². The van der Waals surface area contributed by atoms with Gasteiger partial charge in [-0.25, -0.2) is 0 Å². The topological polar surface area (TPSA) is 43.4 Å². The SMILES string of the molecule is CC(=O)OC[C@@H]1C[C@H]1C(=O)Cl. The lowest BCUT2D eigenvalue weighted by Gasteiger charge is -1.97. The average Bonchev–Trinajstić information content (AvgIpc) is 2.61. The molecule has 1 saturated carbocycles. The van der Waals surface area contributed by atoms with Gasteiger partial charge < -0.3 is 4.74 Å². The fraction of sp³-hybridized carbons (Fsp3) is 0.714. The van der Waals surface area contributed by atoms with Gasteiger partial charge in [-0.2, -0.15) is 0 Å². The second-order valence-corrected chi connectivity index (χ2v) is 3.08. The minimum Gasteiger partial charge on any atom is -0.466 e. The Labute approximate surface area is 69.7 Å². The van der Waals surface area contributed by atoms with E-state index in [0.29, 0.717) is 6.61 Å². The zero-order chi connectivity index (χ0) is 8.43. The molecule has 0 aromatic heterocycles. The highest BCUT2D eigenvalue weighted by Crippen LogP contribution is 2.40. The first-order chi connectivity index (χ1) is 5.11. The summed E-state index contributed by atoms with van der Waals surface area (Å²) in [6.45, 7) is 1.68. The molecule has 0 aromatic rings. The molecule has 4 heteroatoms. The maximum atomic E-state index is 10.5. The summed E-state index contributed by atoms with van der Waals surface area (Å²) in [6.07, 6.45) is 0.760. The Kier molecular flexibility index (Phi) is 2.49. The third-order valence-electron chi connectivity index (χ3n) is 1.71. The van der Waals surface area contributed by atoms with E-state index in [9.17, 15) is 9.59 Å². The van der Waals surface area contributed by atoms with Gasteiger partial charge >= 0.3 is 5.97 Å². The molecule has 0 amide bonds. The summed E-state index contributed by atoms with van der Waals surface area (Å²) >= 11 is 5.21. The molecule has 0 N–H and O–H groups in total. The van der Waals surface area contributed by atoms with Crippen LogP contribution in [0.15, 0.2) is 0 Å². The highest BCUT2D eigenvalue weighted by Gasteiger charge is 2.42. The van der Waals surface area contributed by atoms with E-state index in [4.69, 9.17) is 16.3 Å². The molecule has 1 fully saturated rings. The third kappa shape index (κ3) is 2.50. The van der Waals surface area contributed by atoms with Gasteiger partial charge in [-0.3, -0.25) is 9.59 Å². The summed E-state index contributed by atoms with van der Waals surface area (Å²) in [5, 5.41) is -0.317. The molecule has 0 heterocycles. The second kappa shape index (κ2) is 3.22. The highest BCUT2D eigenvalue weighted by atomic mass is 35.5. The monoisotopic (exact) mass is 176 g/mol. The van der Waals surface area contributed by atoms with Crippen molar-refractivity contribution in [1.82, 2.24) is 0 Å². The Hall–Kier alpha value is -0.570. The Morgan fingerprint density at radius 2 is 2.27 bits per heavy atom. The first kappa shape index (κ1) is 8.53. The normalized spacial score (nSPS) is 27.8. The zero-order valence-corrected chi connectivity index (χ0v) is 6.93. The summed E-state index contributed by atoms with van der Waals surface area (Å²) < 4.78 is 4.70. The lowest BCUT2D eigenvalue weighted by molar-refractivity contribution is -0.141. The standard InChI is InChI=1S/C7H9ClO3/c1-4(9)11-3-5-2-6(5)7(8)10/h5-6H,2-3H2,1H3/t5-,6+/m0/s1. The van der Waals surface area contributed by atoms with Crippen molar-refractivity contribution in [3.05, 3.63) is 0 Å². The maximum absolute atomic E-state index is 10.5. The van der Waals surface area contributed by atoms with Crippen LogP contribution in [-0.2, 0) is 14.3 Å². The molecule has 62 valence electrons. The van der Waals surface area contributed by atoms with Crippen LogP contribution < -0.4 is 0 Å². The number of carbonyl (C=O) groups excluding carboxylic acids is 2. The van der Waals surface area contributed by atoms with E-state index in [1.165, 1.54) is 6.92 Å². The van der Waals surface area contributed by atoms with Crippen LogP contribution in [0.3, 0.4) is 0 Å². The zero-order valence-electron chi connectivity index (χ0n) is 6.17. The number of hydrogen-bond donors (Lipinski definition) is 0. The smallest absolute Gasteiger partial charge is 0.302 e. The van der Waals surface area contributed by atoms with Gasteiger partial charge in [0.15, 0.2) is 0 Å². The minimum absolute atomic E-state index is 0.0731. The first-order valence-corrected chi connectivity index (χ1v) is 3.81. The van der Waals surface area contributed by atoms with Crippen molar-refractivity contribution in [2.24, 2.45) is 11.8 Å². The number of esters is 1. The summed E-state index contributed by atoms with van der Waals surface area (Å²) in [5.74, 6) is -0.211. The van der Waals surface area contributed by atoms with Crippen LogP contribution in [0, 0.1) is 11.8 Å². The number of halogens is 1. The summed E-state index contributed by atoms with van der Waals surface area (Å²) in [4.78, 5) is 20.8. The van der Waals surface area contributed by atoms with Gasteiger partial charge in [0.1, 0.15) is 0 Å². The van der Waals surface area contributed by atoms with Crippen molar-refractivity contribution in [1.29, 1.82) is 0 Å². The van der Waals surface area contributed by atoms with E-state index in [0.717, 1.165) is 6.42 Å². The second-order valence-electron chi connectivity index (χ2n) is 2.71. The van der Waals surface area contributed by atoms with Gasteiger partial charge in [-0.05, 0) is 18.0 Å². The molecule has 2 atom stereocenters. The van der Waals surface area contributed by atoms with E-state index >= 15 is 0 Å². The van der Waals surface area contributed by atoms with Crippen molar-refractivity contribution in [2.45, 2.75) is 13.3 Å². The van der Waals surface area contributed by atoms with E-state index in [-0.39, 0.29) is 23.0 Å². The van der Waals surface area contributed by atoms with E-state index in [1.54, 1.807) is 0 Å². The molecular formula is C7H9ClO3. The van der Waals surface area contributed by atoms with Gasteiger partial charge in [0.25, 0.3) is 0 Å². The third-order valence-corrected chi connectivity index (χ3v) is 2.00. The maximum Gasteiger partial charge on any atom is 0.302 e. The van der Waals surface area contributed by atoms with E-state index in [2.05, 4.69) is 0 Å². The molecule has 0 aliphatic heterocycles. The molecule has 0 aromatic carbocycles. The van der Waals surface area contributed by atoms with Crippen LogP contribution in [0.4, 0.5) is 0 Å². The Morgan fingerprint density at radius 3 is 2.64 bits per heavy atom. The number of rotatable bonds is 3. The lowest BCUT2D eigenvalue weighted by Crippen LogP contribution is -2.04. The lowest BCUT2D eigenvalue weighted by atomic mass is 10.3. The van der Waals surface area contributed by atoms with Gasteiger partial charge in [0.2, 0.25) is 5.24 Å². The largest absolute Gasteiger partial charge is 0.466 e. The number of hydrogen-bond acceptors (Lipinski definition) is 3. The Balaban J connectivity index is 2.14. The molecule has 0 bridgehead atoms. The van der Waals surface area contributed by atoms with Crippen molar-refractivity contribution >= 4 is 22.8 Å². The van der Waals surface area contributed by atoms with Crippen LogP contribution in [0.2, 0.25) is 0 Å². The van der Waals surface area contributed by atoms with Gasteiger partial charge in [-0.1, -0.05) is 0 Å². The predicted molar refractivity (Wildman–Crippen MR) is 39.1 cm³/mol. The molecular weight excluding hydrogens is 168 g/mol. The number of ether oxygens (including phenoxy) is 1. The average molecular weight is 177 g/mol. The quantitative estimate of drug-likeness (QED) is 0.475. The number of carbonyl (C=O) groups is 2. The molecule has 0 saturated heterocycles. The Bertz CT molecular complexity index is 190. The molecule has 3 nitrogen and oxygen atoms in total. The predicted octanol–water partition coefficient (Wildman–Crippen LogP) is 0.951. The van der Waals surface area contributed by atoms with Crippen LogP contribution in [0.25, 0.3) is 0 Å². The van der Waals surface area contributed by atoms with Crippen molar-refractivity contribution in [3.63, 3.8) is 0 Å². The molecule has 0 spiro atoms. The van der Waals surface area contributed by atoms with E-state index < -0.39 is 0 Å². The minimum atomic E-state index is -0.317. The van der Waals surface area contributed by atoms with Crippen LogP contribution in [0.1, 0.15) is 13.3 Å². The molecule has 1 aliphatic carbocycles. The molecule has 0 unspecified atom stereocenters. The van der Waals surface area contributed by atoms with Crippen molar-refractivity contribution in [2.75, 3.05) is 6.61 Å². The summed E-state index contributed by atoms with van der Waals surface area (Å²) in [6, 6.07) is 0. The van der Waals surface area contributed by atoms with Gasteiger partial charge in [0.05, 0.1) is 6.61 Å². The van der Waals surface area contributed by atoms with E-state index in [1.807, 2.05) is 0 Å². The van der Waals surface area contributed by atoms with Gasteiger partial charge in [-0.15, -0.1) is 0 Å². The van der Waals surface area contributed by atoms with Gasteiger partial charge in [0, 0.05) is 18.8 Å². The summed E-state index contributed by atoms with van der Waals surface area (Å²) in [5.41, 5.74) is 0. The molecule has 1 aliphatic rings. The fourth-order valence-electron chi connectivity index (χ4n) is 0.934. The molecule has 11 heavy (non-hydrogen) atoms. The Morgan fingerprint density at radius 1 is 1.64 bits per heavy atom. The first-order valence-electron chi connectivity index (χ1n) is 3.44. The van der Waals surface area contributed by atoms with Crippen LogP contribution in [0.5, 0.6) is 0 Å².